The molecule has 1 spiro atoms. The van der Waals surface area contributed by atoms with E-state index in [1.54, 1.807) is 0 Å². The molecule has 0 aromatic heterocycles. The summed E-state index contributed by atoms with van der Waals surface area (Å²) in [7, 11) is 0. The van der Waals surface area contributed by atoms with Crippen molar-refractivity contribution in [2.24, 2.45) is 0 Å². The van der Waals surface area contributed by atoms with Crippen molar-refractivity contribution < 1.29 is 5.11 Å². The fourth-order valence-corrected chi connectivity index (χ4v) is 4.11. The Bertz CT molecular complexity index is 497. The molecular weight excluding hydrogens is 272 g/mol. The minimum absolute atomic E-state index is 0.160. The molecule has 3 nitrogen and oxygen atoms in total. The van der Waals surface area contributed by atoms with Gasteiger partial charge in [-0.1, -0.05) is 45.0 Å². The van der Waals surface area contributed by atoms with Crippen LogP contribution in [0.3, 0.4) is 0 Å². The Labute approximate surface area is 134 Å². The number of benzene rings is 1. The quantitative estimate of drug-likeness (QED) is 0.880. The van der Waals surface area contributed by atoms with Gasteiger partial charge in [0.05, 0.1) is 0 Å². The molecule has 1 atom stereocenters. The Morgan fingerprint density at radius 1 is 1.09 bits per heavy atom. The van der Waals surface area contributed by atoms with Crippen LogP contribution >= 0.6 is 0 Å². The largest absolute Gasteiger partial charge is 0.374 e. The van der Waals surface area contributed by atoms with E-state index in [0.717, 1.165) is 38.0 Å². The molecule has 1 aromatic rings. The molecule has 3 rings (SSSR count). The van der Waals surface area contributed by atoms with Crippen LogP contribution in [0.15, 0.2) is 24.3 Å². The first-order chi connectivity index (χ1) is 10.4. The van der Waals surface area contributed by atoms with E-state index >= 15 is 0 Å². The van der Waals surface area contributed by atoms with Gasteiger partial charge in [-0.15, -0.1) is 0 Å². The molecule has 2 N–H and O–H groups in total. The molecule has 22 heavy (non-hydrogen) atoms. The zero-order chi connectivity index (χ0) is 15.8. The SMILES string of the molecule is CC(C)(C)c1ccc(C(O)N2CCCC23CCNCC3)cc1. The Hall–Kier alpha value is -0.900. The molecule has 1 aromatic carbocycles. The highest BCUT2D eigenvalue weighted by atomic mass is 16.3. The minimum atomic E-state index is -0.463. The fourth-order valence-electron chi connectivity index (χ4n) is 4.11. The van der Waals surface area contributed by atoms with Gasteiger partial charge in [0.15, 0.2) is 0 Å². The Balaban J connectivity index is 1.79. The van der Waals surface area contributed by atoms with E-state index in [1.165, 1.54) is 18.4 Å². The molecule has 0 aliphatic carbocycles. The summed E-state index contributed by atoms with van der Waals surface area (Å²) in [6, 6.07) is 8.56. The van der Waals surface area contributed by atoms with Crippen molar-refractivity contribution in [1.82, 2.24) is 10.2 Å². The number of hydrogen-bond donors (Lipinski definition) is 2. The molecule has 0 radical (unpaired) electrons. The maximum absolute atomic E-state index is 10.9. The third-order valence-electron chi connectivity index (χ3n) is 5.55. The van der Waals surface area contributed by atoms with E-state index in [9.17, 15) is 5.11 Å². The van der Waals surface area contributed by atoms with Crippen molar-refractivity contribution in [3.63, 3.8) is 0 Å². The number of piperidine rings is 1. The lowest BCUT2D eigenvalue weighted by Gasteiger charge is -2.44. The van der Waals surface area contributed by atoms with Gasteiger partial charge in [0.25, 0.3) is 0 Å². The van der Waals surface area contributed by atoms with Crippen molar-refractivity contribution in [3.8, 4) is 0 Å². The zero-order valence-corrected chi connectivity index (χ0v) is 14.2. The molecule has 2 aliphatic rings. The second kappa shape index (κ2) is 5.95. The number of aliphatic hydroxyl groups excluding tert-OH is 1. The number of nitrogens with zero attached hydrogens (tertiary/aromatic N) is 1. The highest BCUT2D eigenvalue weighted by Gasteiger charge is 2.44. The van der Waals surface area contributed by atoms with E-state index in [0.29, 0.717) is 0 Å². The monoisotopic (exact) mass is 302 g/mol. The smallest absolute Gasteiger partial charge is 0.134 e. The highest BCUT2D eigenvalue weighted by molar-refractivity contribution is 5.29. The van der Waals surface area contributed by atoms with Crippen LogP contribution in [0.1, 0.15) is 63.8 Å². The third-order valence-corrected chi connectivity index (χ3v) is 5.55. The Morgan fingerprint density at radius 3 is 2.32 bits per heavy atom. The van der Waals surface area contributed by atoms with E-state index in [1.807, 2.05) is 0 Å². The summed E-state index contributed by atoms with van der Waals surface area (Å²) in [6.45, 7) is 9.84. The summed E-state index contributed by atoms with van der Waals surface area (Å²) in [4.78, 5) is 2.36. The molecule has 0 saturated carbocycles. The van der Waals surface area contributed by atoms with Crippen LogP contribution in [-0.2, 0) is 5.41 Å². The van der Waals surface area contributed by atoms with Gasteiger partial charge in [-0.25, -0.2) is 0 Å². The van der Waals surface area contributed by atoms with Crippen molar-refractivity contribution >= 4 is 0 Å². The fraction of sp³-hybridized carbons (Fsp3) is 0.684. The average molecular weight is 302 g/mol. The van der Waals surface area contributed by atoms with E-state index in [-0.39, 0.29) is 11.0 Å². The molecule has 0 amide bonds. The average Bonchev–Trinajstić information content (AvgIpc) is 2.89. The first-order valence-corrected chi connectivity index (χ1v) is 8.68. The van der Waals surface area contributed by atoms with E-state index in [4.69, 9.17) is 0 Å². The number of likely N-dealkylation sites (tertiary alicyclic amines) is 1. The zero-order valence-electron chi connectivity index (χ0n) is 14.2. The molecule has 1 unspecified atom stereocenters. The third kappa shape index (κ3) is 2.94. The molecule has 2 heterocycles. The molecule has 2 fully saturated rings. The van der Waals surface area contributed by atoms with Gasteiger partial charge in [0, 0.05) is 12.1 Å². The lowest BCUT2D eigenvalue weighted by atomic mass is 9.84. The molecule has 0 bridgehead atoms. The van der Waals surface area contributed by atoms with Gasteiger partial charge >= 0.3 is 0 Å². The van der Waals surface area contributed by atoms with E-state index < -0.39 is 6.23 Å². The van der Waals surface area contributed by atoms with Crippen LogP contribution in [-0.4, -0.2) is 35.2 Å². The maximum Gasteiger partial charge on any atom is 0.134 e. The lowest BCUT2D eigenvalue weighted by molar-refractivity contribution is -0.0593. The maximum atomic E-state index is 10.9. The molecule has 2 saturated heterocycles. The van der Waals surface area contributed by atoms with E-state index in [2.05, 4.69) is 55.3 Å². The van der Waals surface area contributed by atoms with Crippen LogP contribution < -0.4 is 5.32 Å². The van der Waals surface area contributed by atoms with Gasteiger partial charge in [0.2, 0.25) is 0 Å². The molecule has 2 aliphatic heterocycles. The van der Waals surface area contributed by atoms with Crippen molar-refractivity contribution in [2.45, 2.75) is 63.6 Å². The Morgan fingerprint density at radius 2 is 1.73 bits per heavy atom. The van der Waals surface area contributed by atoms with Crippen molar-refractivity contribution in [3.05, 3.63) is 35.4 Å². The van der Waals surface area contributed by atoms with Gasteiger partial charge < -0.3 is 10.4 Å². The first-order valence-electron chi connectivity index (χ1n) is 8.68. The topological polar surface area (TPSA) is 35.5 Å². The predicted octanol–water partition coefficient (Wildman–Crippen LogP) is 3.19. The lowest BCUT2D eigenvalue weighted by Crippen LogP contribution is -2.52. The van der Waals surface area contributed by atoms with Crippen LogP contribution in [0.4, 0.5) is 0 Å². The van der Waals surface area contributed by atoms with Crippen molar-refractivity contribution in [2.75, 3.05) is 19.6 Å². The van der Waals surface area contributed by atoms with Gasteiger partial charge in [-0.3, -0.25) is 4.90 Å². The summed E-state index contributed by atoms with van der Waals surface area (Å²) in [5.41, 5.74) is 2.73. The van der Waals surface area contributed by atoms with Crippen LogP contribution in [0.2, 0.25) is 0 Å². The second-order valence-electron chi connectivity index (χ2n) is 8.02. The number of rotatable bonds is 2. The van der Waals surface area contributed by atoms with Crippen molar-refractivity contribution in [1.29, 1.82) is 0 Å². The predicted molar refractivity (Wildman–Crippen MR) is 90.9 cm³/mol. The van der Waals surface area contributed by atoms with Gasteiger partial charge in [-0.2, -0.15) is 0 Å². The van der Waals surface area contributed by atoms with Crippen LogP contribution in [0, 0.1) is 0 Å². The summed E-state index contributed by atoms with van der Waals surface area (Å²) in [5, 5.41) is 14.4. The van der Waals surface area contributed by atoms with Gasteiger partial charge in [-0.05, 0) is 55.3 Å². The van der Waals surface area contributed by atoms with Gasteiger partial charge in [0.1, 0.15) is 6.23 Å². The summed E-state index contributed by atoms with van der Waals surface area (Å²) in [5.74, 6) is 0. The Kier molecular flexibility index (Phi) is 4.32. The number of hydrogen-bond acceptors (Lipinski definition) is 3. The van der Waals surface area contributed by atoms with Crippen LogP contribution in [0.25, 0.3) is 0 Å². The normalized spacial score (nSPS) is 23.8. The van der Waals surface area contributed by atoms with Crippen LogP contribution in [0.5, 0.6) is 0 Å². The number of nitrogens with one attached hydrogen (secondary N) is 1. The summed E-state index contributed by atoms with van der Waals surface area (Å²) >= 11 is 0. The first kappa shape index (κ1) is 16.0. The minimum Gasteiger partial charge on any atom is -0.374 e. The summed E-state index contributed by atoms with van der Waals surface area (Å²) in [6.07, 6.45) is 4.28. The number of aliphatic hydroxyl groups is 1. The molecular formula is C19H30N2O. The standard InChI is InChI=1S/C19H30N2O/c1-18(2,3)16-7-5-15(6-8-16)17(22)21-14-4-9-19(21)10-12-20-13-11-19/h5-8,17,20,22H,4,9-14H2,1-3H3. The molecule has 122 valence electrons. The summed E-state index contributed by atoms with van der Waals surface area (Å²) < 4.78 is 0. The second-order valence-corrected chi connectivity index (χ2v) is 8.02. The highest BCUT2D eigenvalue weighted by Crippen LogP contribution is 2.41. The molecule has 3 heteroatoms.